The van der Waals surface area contributed by atoms with Crippen molar-refractivity contribution in [3.63, 3.8) is 0 Å². The van der Waals surface area contributed by atoms with Gasteiger partial charge in [0, 0.05) is 44.2 Å². The number of aromatic nitrogens is 1. The van der Waals surface area contributed by atoms with E-state index in [1.807, 2.05) is 19.1 Å². The van der Waals surface area contributed by atoms with Gasteiger partial charge in [-0.3, -0.25) is 4.99 Å². The van der Waals surface area contributed by atoms with E-state index in [-0.39, 0.29) is 0 Å². The van der Waals surface area contributed by atoms with Crippen LogP contribution in [0.1, 0.15) is 29.6 Å². The summed E-state index contributed by atoms with van der Waals surface area (Å²) in [5, 5.41) is 6.67. The molecule has 5 nitrogen and oxygen atoms in total. The van der Waals surface area contributed by atoms with Crippen LogP contribution in [-0.2, 0) is 13.0 Å². The molecule has 0 aliphatic carbocycles. The number of guanidine groups is 1. The van der Waals surface area contributed by atoms with Gasteiger partial charge in [0.15, 0.2) is 5.96 Å². The molecular formula is C19H28N4OS. The van der Waals surface area contributed by atoms with Crippen LogP contribution in [0.5, 0.6) is 5.75 Å². The van der Waals surface area contributed by atoms with Crippen LogP contribution in [0.15, 0.2) is 34.6 Å². The van der Waals surface area contributed by atoms with Gasteiger partial charge in [-0.2, -0.15) is 0 Å². The van der Waals surface area contributed by atoms with E-state index in [2.05, 4.69) is 46.7 Å². The van der Waals surface area contributed by atoms with Crippen LogP contribution in [0.4, 0.5) is 0 Å². The molecule has 0 aliphatic heterocycles. The van der Waals surface area contributed by atoms with Crippen molar-refractivity contribution in [3.8, 4) is 5.75 Å². The second kappa shape index (κ2) is 10.0. The molecule has 1 N–H and O–H groups in total. The van der Waals surface area contributed by atoms with Crippen molar-refractivity contribution in [2.24, 2.45) is 4.99 Å². The highest BCUT2D eigenvalue weighted by molar-refractivity contribution is 7.09. The van der Waals surface area contributed by atoms with Gasteiger partial charge in [0.2, 0.25) is 0 Å². The Morgan fingerprint density at radius 3 is 2.68 bits per heavy atom. The van der Waals surface area contributed by atoms with Crippen LogP contribution >= 0.6 is 11.3 Å². The molecule has 0 bridgehead atoms. The first kappa shape index (κ1) is 19.2. The van der Waals surface area contributed by atoms with Crippen LogP contribution in [-0.4, -0.2) is 43.1 Å². The summed E-state index contributed by atoms with van der Waals surface area (Å²) in [6.45, 7) is 6.59. The van der Waals surface area contributed by atoms with Gasteiger partial charge < -0.3 is 15.0 Å². The summed E-state index contributed by atoms with van der Waals surface area (Å²) in [6, 6.07) is 8.15. The van der Waals surface area contributed by atoms with E-state index in [9.17, 15) is 0 Å². The summed E-state index contributed by atoms with van der Waals surface area (Å²) in [5.74, 6) is 1.82. The van der Waals surface area contributed by atoms with Crippen LogP contribution in [0.2, 0.25) is 0 Å². The lowest BCUT2D eigenvalue weighted by atomic mass is 10.2. The monoisotopic (exact) mass is 360 g/mol. The third-order valence-electron chi connectivity index (χ3n) is 3.75. The van der Waals surface area contributed by atoms with Crippen molar-refractivity contribution in [3.05, 3.63) is 45.9 Å². The zero-order valence-electron chi connectivity index (χ0n) is 15.6. The summed E-state index contributed by atoms with van der Waals surface area (Å²) < 4.78 is 5.21. The van der Waals surface area contributed by atoms with Gasteiger partial charge in [-0.25, -0.2) is 4.98 Å². The molecule has 0 saturated carbocycles. The summed E-state index contributed by atoms with van der Waals surface area (Å²) >= 11 is 1.73. The number of aliphatic imine (C=N–C) groups is 1. The third kappa shape index (κ3) is 6.38. The van der Waals surface area contributed by atoms with Crippen molar-refractivity contribution in [1.29, 1.82) is 0 Å². The molecule has 0 atom stereocenters. The molecular weight excluding hydrogens is 332 g/mol. The van der Waals surface area contributed by atoms with E-state index in [0.29, 0.717) is 0 Å². The number of nitrogens with one attached hydrogen (secondary N) is 1. The number of hydrogen-bond acceptors (Lipinski definition) is 4. The summed E-state index contributed by atoms with van der Waals surface area (Å²) in [6.07, 6.45) is 2.00. The molecule has 6 heteroatoms. The fraction of sp³-hybridized carbons (Fsp3) is 0.474. The molecule has 25 heavy (non-hydrogen) atoms. The third-order valence-corrected chi connectivity index (χ3v) is 4.78. The quantitative estimate of drug-likeness (QED) is 0.445. The lowest BCUT2D eigenvalue weighted by molar-refractivity contribution is 0.414. The normalized spacial score (nSPS) is 11.4. The predicted octanol–water partition coefficient (Wildman–Crippen LogP) is 3.49. The van der Waals surface area contributed by atoms with Gasteiger partial charge in [0.1, 0.15) is 5.75 Å². The second-order valence-electron chi connectivity index (χ2n) is 5.93. The molecule has 136 valence electrons. The molecule has 0 unspecified atom stereocenters. The molecule has 0 radical (unpaired) electrons. The maximum Gasteiger partial charge on any atom is 0.193 e. The minimum atomic E-state index is 0.800. The number of nitrogens with zero attached hydrogens (tertiary/aromatic N) is 3. The number of hydrogen-bond donors (Lipinski definition) is 1. The minimum absolute atomic E-state index is 0.800. The SMILES string of the molecule is CCNC(=NCCCc1nc(C)cs1)N(C)Cc1ccc(OC)cc1. The van der Waals surface area contributed by atoms with Crippen molar-refractivity contribution in [2.75, 3.05) is 27.2 Å². The average molecular weight is 361 g/mol. The number of ether oxygens (including phenoxy) is 1. The molecule has 2 rings (SSSR count). The summed E-state index contributed by atoms with van der Waals surface area (Å²) in [5.41, 5.74) is 2.34. The minimum Gasteiger partial charge on any atom is -0.497 e. The first-order valence-corrected chi connectivity index (χ1v) is 9.53. The smallest absolute Gasteiger partial charge is 0.193 e. The maximum absolute atomic E-state index is 5.21. The lowest BCUT2D eigenvalue weighted by Gasteiger charge is -2.22. The van der Waals surface area contributed by atoms with E-state index in [1.165, 1.54) is 10.6 Å². The maximum atomic E-state index is 5.21. The topological polar surface area (TPSA) is 49.8 Å². The Bertz CT molecular complexity index is 666. The molecule has 0 amide bonds. The zero-order valence-corrected chi connectivity index (χ0v) is 16.4. The fourth-order valence-corrected chi connectivity index (χ4v) is 3.30. The summed E-state index contributed by atoms with van der Waals surface area (Å²) in [7, 11) is 3.75. The molecule has 0 saturated heterocycles. The summed E-state index contributed by atoms with van der Waals surface area (Å²) in [4.78, 5) is 11.4. The highest BCUT2D eigenvalue weighted by atomic mass is 32.1. The molecule has 2 aromatic rings. The fourth-order valence-electron chi connectivity index (χ4n) is 2.48. The Morgan fingerprint density at radius 1 is 1.32 bits per heavy atom. The standard InChI is InChI=1S/C19H28N4OS/c1-5-20-19(21-12-6-7-18-22-15(2)14-25-18)23(3)13-16-8-10-17(24-4)11-9-16/h8-11,14H,5-7,12-13H2,1-4H3,(H,20,21). The van der Waals surface area contributed by atoms with Crippen LogP contribution in [0.25, 0.3) is 0 Å². The van der Waals surface area contributed by atoms with E-state index in [4.69, 9.17) is 9.73 Å². The zero-order chi connectivity index (χ0) is 18.1. The number of methoxy groups -OCH3 is 1. The Morgan fingerprint density at radius 2 is 2.08 bits per heavy atom. The largest absolute Gasteiger partial charge is 0.497 e. The van der Waals surface area contributed by atoms with Crippen LogP contribution < -0.4 is 10.1 Å². The van der Waals surface area contributed by atoms with Crippen molar-refractivity contribution < 1.29 is 4.74 Å². The van der Waals surface area contributed by atoms with Gasteiger partial charge in [-0.15, -0.1) is 11.3 Å². The van der Waals surface area contributed by atoms with Crippen molar-refractivity contribution >= 4 is 17.3 Å². The Kier molecular flexibility index (Phi) is 7.73. The van der Waals surface area contributed by atoms with Crippen LogP contribution in [0, 0.1) is 6.92 Å². The molecule has 1 aromatic heterocycles. The Hall–Kier alpha value is -2.08. The van der Waals surface area contributed by atoms with Gasteiger partial charge in [0.05, 0.1) is 12.1 Å². The van der Waals surface area contributed by atoms with Crippen molar-refractivity contribution in [2.45, 2.75) is 33.2 Å². The molecule has 0 aliphatic rings. The first-order chi connectivity index (χ1) is 12.1. The highest BCUT2D eigenvalue weighted by Gasteiger charge is 2.07. The molecule has 1 heterocycles. The van der Waals surface area contributed by atoms with Crippen LogP contribution in [0.3, 0.4) is 0 Å². The van der Waals surface area contributed by atoms with Gasteiger partial charge in [-0.1, -0.05) is 12.1 Å². The van der Waals surface area contributed by atoms with E-state index < -0.39 is 0 Å². The van der Waals surface area contributed by atoms with Crippen molar-refractivity contribution in [1.82, 2.24) is 15.2 Å². The number of benzene rings is 1. The molecule has 0 spiro atoms. The Balaban J connectivity index is 1.87. The second-order valence-corrected chi connectivity index (χ2v) is 6.87. The first-order valence-electron chi connectivity index (χ1n) is 8.65. The molecule has 1 aromatic carbocycles. The van der Waals surface area contributed by atoms with Gasteiger partial charge >= 0.3 is 0 Å². The highest BCUT2D eigenvalue weighted by Crippen LogP contribution is 2.13. The Labute approximate surface area is 154 Å². The van der Waals surface area contributed by atoms with E-state index >= 15 is 0 Å². The van der Waals surface area contributed by atoms with Gasteiger partial charge in [0.25, 0.3) is 0 Å². The van der Waals surface area contributed by atoms with E-state index in [0.717, 1.165) is 49.9 Å². The molecule has 0 fully saturated rings. The predicted molar refractivity (Wildman–Crippen MR) is 106 cm³/mol. The number of thiazole rings is 1. The van der Waals surface area contributed by atoms with E-state index in [1.54, 1.807) is 18.4 Å². The number of rotatable bonds is 8. The number of aryl methyl sites for hydroxylation is 2. The average Bonchev–Trinajstić information content (AvgIpc) is 3.03. The lowest BCUT2D eigenvalue weighted by Crippen LogP contribution is -2.38. The van der Waals surface area contributed by atoms with Gasteiger partial charge in [-0.05, 0) is 38.0 Å².